The minimum Gasteiger partial charge on any atom is -0.378 e. The van der Waals surface area contributed by atoms with Gasteiger partial charge in [-0.25, -0.2) is 12.7 Å². The Balaban J connectivity index is 0.00000338. The first-order valence-electron chi connectivity index (χ1n) is 8.31. The number of ether oxygens (including phenoxy) is 1. The number of nitrogens with zero attached hydrogens (tertiary/aromatic N) is 2. The van der Waals surface area contributed by atoms with Crippen molar-refractivity contribution in [2.45, 2.75) is 18.7 Å². The fourth-order valence-electron chi connectivity index (χ4n) is 2.65. The fourth-order valence-corrected chi connectivity index (χ4v) is 4.01. The Bertz CT molecular complexity index is 701. The summed E-state index contributed by atoms with van der Waals surface area (Å²) in [5.74, 6) is -0.107. The van der Waals surface area contributed by atoms with Gasteiger partial charge in [-0.1, -0.05) is 13.8 Å². The van der Waals surface area contributed by atoms with Gasteiger partial charge in [0.25, 0.3) is 5.91 Å². The molecule has 0 atom stereocenters. The molecule has 1 aromatic rings. The van der Waals surface area contributed by atoms with Crippen LogP contribution in [0.1, 0.15) is 24.2 Å². The number of halogens is 1. The second-order valence-electron chi connectivity index (χ2n) is 7.06. The summed E-state index contributed by atoms with van der Waals surface area (Å²) in [6.45, 7) is 6.71. The van der Waals surface area contributed by atoms with Gasteiger partial charge in [-0.05, 0) is 36.2 Å². The molecule has 1 fully saturated rings. The van der Waals surface area contributed by atoms with E-state index in [1.807, 2.05) is 13.8 Å². The number of carbonyl (C=O) groups excluding carboxylic acids is 1. The first kappa shape index (κ1) is 22.9. The first-order valence-corrected chi connectivity index (χ1v) is 9.75. The molecule has 0 bridgehead atoms. The normalized spacial score (nSPS) is 15.7. The SMILES string of the molecule is CN(CC(C)(C)CN)S(=O)(=O)c1ccc(C(=O)N2CCOCC2)cc1.Cl. The summed E-state index contributed by atoms with van der Waals surface area (Å²) in [5, 5.41) is 0. The van der Waals surface area contributed by atoms with Crippen LogP contribution in [0, 0.1) is 5.41 Å². The number of amides is 1. The summed E-state index contributed by atoms with van der Waals surface area (Å²) in [6, 6.07) is 6.09. The number of hydrogen-bond donors (Lipinski definition) is 1. The molecule has 2 rings (SSSR count). The molecule has 148 valence electrons. The second kappa shape index (κ2) is 9.14. The standard InChI is InChI=1S/C17H27N3O4S.ClH/c1-17(2,12-18)13-19(3)25(22,23)15-6-4-14(5-7-15)16(21)20-8-10-24-11-9-20;/h4-7H,8-13,18H2,1-3H3;1H. The molecule has 9 heteroatoms. The van der Waals surface area contributed by atoms with E-state index >= 15 is 0 Å². The Kier molecular flexibility index (Phi) is 8.04. The van der Waals surface area contributed by atoms with Crippen LogP contribution in [0.15, 0.2) is 29.2 Å². The third-order valence-corrected chi connectivity index (χ3v) is 6.13. The molecule has 1 aliphatic rings. The number of rotatable bonds is 6. The molecule has 0 saturated carbocycles. The quantitative estimate of drug-likeness (QED) is 0.767. The Labute approximate surface area is 161 Å². The van der Waals surface area contributed by atoms with Gasteiger partial charge in [0.1, 0.15) is 0 Å². The Morgan fingerprint density at radius 2 is 1.77 bits per heavy atom. The number of benzene rings is 1. The molecular weight excluding hydrogens is 378 g/mol. The van der Waals surface area contributed by atoms with Crippen LogP contribution in [0.4, 0.5) is 0 Å². The van der Waals surface area contributed by atoms with Gasteiger partial charge in [-0.3, -0.25) is 4.79 Å². The third kappa shape index (κ3) is 5.40. The average Bonchev–Trinajstić information content (AvgIpc) is 2.61. The van der Waals surface area contributed by atoms with Crippen molar-refractivity contribution in [3.05, 3.63) is 29.8 Å². The lowest BCUT2D eigenvalue weighted by Crippen LogP contribution is -2.40. The zero-order valence-corrected chi connectivity index (χ0v) is 17.1. The van der Waals surface area contributed by atoms with Crippen molar-refractivity contribution < 1.29 is 17.9 Å². The molecule has 7 nitrogen and oxygen atoms in total. The lowest BCUT2D eigenvalue weighted by Gasteiger charge is -2.28. The first-order chi connectivity index (χ1) is 11.7. The zero-order valence-electron chi connectivity index (χ0n) is 15.5. The van der Waals surface area contributed by atoms with Crippen LogP contribution in [-0.4, -0.2) is 70.0 Å². The molecule has 2 N–H and O–H groups in total. The van der Waals surface area contributed by atoms with Crippen LogP contribution in [0.2, 0.25) is 0 Å². The maximum Gasteiger partial charge on any atom is 0.254 e. The van der Waals surface area contributed by atoms with Crippen LogP contribution >= 0.6 is 12.4 Å². The van der Waals surface area contributed by atoms with E-state index in [1.165, 1.54) is 16.4 Å². The van der Waals surface area contributed by atoms with Crippen molar-refractivity contribution in [3.63, 3.8) is 0 Å². The van der Waals surface area contributed by atoms with Crippen molar-refractivity contribution in [3.8, 4) is 0 Å². The summed E-state index contributed by atoms with van der Waals surface area (Å²) in [6.07, 6.45) is 0. The number of nitrogens with two attached hydrogens (primary N) is 1. The Morgan fingerprint density at radius 1 is 1.23 bits per heavy atom. The van der Waals surface area contributed by atoms with Crippen LogP contribution in [0.3, 0.4) is 0 Å². The summed E-state index contributed by atoms with van der Waals surface area (Å²) in [5.41, 5.74) is 5.85. The molecule has 1 amide bonds. The number of hydrogen-bond acceptors (Lipinski definition) is 5. The Hall–Kier alpha value is -1.19. The van der Waals surface area contributed by atoms with Crippen molar-refractivity contribution in [1.29, 1.82) is 0 Å². The summed E-state index contributed by atoms with van der Waals surface area (Å²) in [7, 11) is -2.08. The number of morpholine rings is 1. The van der Waals surface area contributed by atoms with Gasteiger partial charge in [0.05, 0.1) is 18.1 Å². The molecule has 0 unspecified atom stereocenters. The lowest BCUT2D eigenvalue weighted by molar-refractivity contribution is 0.0303. The molecule has 0 aromatic heterocycles. The predicted octanol–water partition coefficient (Wildman–Crippen LogP) is 1.19. The molecular formula is C17H28ClN3O4S. The maximum atomic E-state index is 12.7. The predicted molar refractivity (Wildman–Crippen MR) is 103 cm³/mol. The van der Waals surface area contributed by atoms with Gasteiger partial charge < -0.3 is 15.4 Å². The Morgan fingerprint density at radius 3 is 2.27 bits per heavy atom. The van der Waals surface area contributed by atoms with Gasteiger partial charge in [0.15, 0.2) is 0 Å². The van der Waals surface area contributed by atoms with Gasteiger partial charge in [0.2, 0.25) is 10.0 Å². The highest BCUT2D eigenvalue weighted by molar-refractivity contribution is 7.89. The van der Waals surface area contributed by atoms with Crippen LogP contribution in [0.25, 0.3) is 0 Å². The van der Waals surface area contributed by atoms with E-state index < -0.39 is 10.0 Å². The van der Waals surface area contributed by atoms with Crippen molar-refractivity contribution >= 4 is 28.3 Å². The summed E-state index contributed by atoms with van der Waals surface area (Å²) in [4.78, 5) is 14.3. The van der Waals surface area contributed by atoms with E-state index in [-0.39, 0.29) is 28.6 Å². The van der Waals surface area contributed by atoms with Crippen LogP contribution in [-0.2, 0) is 14.8 Å². The van der Waals surface area contributed by atoms with Gasteiger partial charge in [-0.15, -0.1) is 12.4 Å². The third-order valence-electron chi connectivity index (χ3n) is 4.31. The molecule has 1 aliphatic heterocycles. The van der Waals surface area contributed by atoms with Gasteiger partial charge >= 0.3 is 0 Å². The van der Waals surface area contributed by atoms with E-state index in [0.29, 0.717) is 45.0 Å². The minimum absolute atomic E-state index is 0. The number of sulfonamides is 1. The van der Waals surface area contributed by atoms with E-state index in [1.54, 1.807) is 24.1 Å². The lowest BCUT2D eigenvalue weighted by atomic mass is 9.94. The highest BCUT2D eigenvalue weighted by atomic mass is 35.5. The topological polar surface area (TPSA) is 92.9 Å². The molecule has 26 heavy (non-hydrogen) atoms. The minimum atomic E-state index is -3.62. The van der Waals surface area contributed by atoms with Crippen molar-refractivity contribution in [2.75, 3.05) is 46.4 Å². The zero-order chi connectivity index (χ0) is 18.7. The van der Waals surface area contributed by atoms with Gasteiger partial charge in [0, 0.05) is 32.2 Å². The van der Waals surface area contributed by atoms with Crippen LogP contribution in [0.5, 0.6) is 0 Å². The molecule has 1 aromatic carbocycles. The average molecular weight is 406 g/mol. The van der Waals surface area contributed by atoms with Crippen molar-refractivity contribution in [2.24, 2.45) is 11.1 Å². The molecule has 1 heterocycles. The van der Waals surface area contributed by atoms with E-state index in [0.717, 1.165) is 0 Å². The molecule has 1 saturated heterocycles. The fraction of sp³-hybridized carbons (Fsp3) is 0.588. The van der Waals surface area contributed by atoms with E-state index in [9.17, 15) is 13.2 Å². The second-order valence-corrected chi connectivity index (χ2v) is 9.10. The molecule has 0 aliphatic carbocycles. The maximum absolute atomic E-state index is 12.7. The van der Waals surface area contributed by atoms with Crippen LogP contribution < -0.4 is 5.73 Å². The van der Waals surface area contributed by atoms with E-state index in [2.05, 4.69) is 0 Å². The van der Waals surface area contributed by atoms with Crippen molar-refractivity contribution in [1.82, 2.24) is 9.21 Å². The summed E-state index contributed by atoms with van der Waals surface area (Å²) >= 11 is 0. The monoisotopic (exact) mass is 405 g/mol. The molecule has 0 radical (unpaired) electrons. The van der Waals surface area contributed by atoms with E-state index in [4.69, 9.17) is 10.5 Å². The smallest absolute Gasteiger partial charge is 0.254 e. The highest BCUT2D eigenvalue weighted by Gasteiger charge is 2.27. The highest BCUT2D eigenvalue weighted by Crippen LogP contribution is 2.21. The summed E-state index contributed by atoms with van der Waals surface area (Å²) < 4.78 is 31.9. The molecule has 0 spiro atoms. The largest absolute Gasteiger partial charge is 0.378 e. The number of carbonyl (C=O) groups is 1. The van der Waals surface area contributed by atoms with Gasteiger partial charge in [-0.2, -0.15) is 0 Å².